The standard InChI is InChI=1S/C22H20N6O3/c1-25-20-19(21(29)26(2)22(25)30)27(13-23-20)12-18-24-16-6-4-5-7-17(16)28(18)14-8-10-15(31-3)11-9-14/h4-11,13H,12H2,1-3H3. The van der Waals surface area contributed by atoms with Gasteiger partial charge in [0.15, 0.2) is 11.2 Å². The Balaban J connectivity index is 1.72. The smallest absolute Gasteiger partial charge is 0.332 e. The molecule has 9 nitrogen and oxygen atoms in total. The molecule has 31 heavy (non-hydrogen) atoms. The van der Waals surface area contributed by atoms with Crippen LogP contribution in [0.5, 0.6) is 5.75 Å². The normalized spacial score (nSPS) is 11.5. The third-order valence-corrected chi connectivity index (χ3v) is 5.49. The Kier molecular flexibility index (Phi) is 4.25. The average Bonchev–Trinajstić information content (AvgIpc) is 3.38. The maximum Gasteiger partial charge on any atom is 0.332 e. The van der Waals surface area contributed by atoms with Crippen LogP contribution in [0.1, 0.15) is 5.82 Å². The highest BCUT2D eigenvalue weighted by molar-refractivity contribution is 5.78. The molecule has 0 aliphatic carbocycles. The van der Waals surface area contributed by atoms with Crippen molar-refractivity contribution in [2.24, 2.45) is 14.1 Å². The number of fused-ring (bicyclic) bond motifs is 2. The van der Waals surface area contributed by atoms with Crippen molar-refractivity contribution < 1.29 is 4.74 Å². The van der Waals surface area contributed by atoms with Gasteiger partial charge in [0, 0.05) is 19.8 Å². The molecular weight excluding hydrogens is 396 g/mol. The van der Waals surface area contributed by atoms with E-state index in [0.29, 0.717) is 17.7 Å². The van der Waals surface area contributed by atoms with Crippen molar-refractivity contribution in [2.45, 2.75) is 6.54 Å². The molecule has 0 fully saturated rings. The van der Waals surface area contributed by atoms with Crippen LogP contribution in [0.25, 0.3) is 27.9 Å². The van der Waals surface area contributed by atoms with Gasteiger partial charge in [-0.2, -0.15) is 0 Å². The van der Waals surface area contributed by atoms with E-state index in [1.807, 2.05) is 53.1 Å². The summed E-state index contributed by atoms with van der Waals surface area (Å²) < 4.78 is 11.5. The van der Waals surface area contributed by atoms with Gasteiger partial charge in [-0.15, -0.1) is 0 Å². The molecule has 0 spiro atoms. The molecule has 0 unspecified atom stereocenters. The Bertz CT molecular complexity index is 1550. The van der Waals surface area contributed by atoms with E-state index in [1.54, 1.807) is 25.1 Å². The molecule has 9 heteroatoms. The van der Waals surface area contributed by atoms with Crippen LogP contribution < -0.4 is 16.0 Å². The highest BCUT2D eigenvalue weighted by Gasteiger charge is 2.18. The molecule has 0 radical (unpaired) electrons. The van der Waals surface area contributed by atoms with Gasteiger partial charge in [-0.1, -0.05) is 12.1 Å². The lowest BCUT2D eigenvalue weighted by Gasteiger charge is -2.11. The maximum absolute atomic E-state index is 12.8. The number of methoxy groups -OCH3 is 1. The SMILES string of the molecule is COc1ccc(-n2c(Cn3cnc4c3c(=O)n(C)c(=O)n4C)nc3ccccc32)cc1. The number of ether oxygens (including phenoxy) is 1. The van der Waals surface area contributed by atoms with Gasteiger partial charge in [0.1, 0.15) is 11.6 Å². The fourth-order valence-electron chi connectivity index (χ4n) is 3.87. The molecule has 3 aromatic heterocycles. The fourth-order valence-corrected chi connectivity index (χ4v) is 3.87. The number of rotatable bonds is 4. The van der Waals surface area contributed by atoms with Crippen LogP contribution in [0.4, 0.5) is 0 Å². The average molecular weight is 416 g/mol. The molecule has 0 amide bonds. The van der Waals surface area contributed by atoms with Gasteiger partial charge in [-0.25, -0.2) is 14.8 Å². The lowest BCUT2D eigenvalue weighted by Crippen LogP contribution is -2.37. The van der Waals surface area contributed by atoms with Gasteiger partial charge in [0.25, 0.3) is 5.56 Å². The number of para-hydroxylation sites is 2. The molecule has 3 heterocycles. The molecular formula is C22H20N6O3. The lowest BCUT2D eigenvalue weighted by atomic mass is 10.2. The van der Waals surface area contributed by atoms with Crippen LogP contribution >= 0.6 is 0 Å². The Labute approximate surface area is 176 Å². The number of imidazole rings is 2. The minimum absolute atomic E-state index is 0.310. The minimum Gasteiger partial charge on any atom is -0.497 e. The monoisotopic (exact) mass is 416 g/mol. The first-order valence-electron chi connectivity index (χ1n) is 9.71. The van der Waals surface area contributed by atoms with Gasteiger partial charge in [0.2, 0.25) is 0 Å². The Morgan fingerprint density at radius 3 is 2.45 bits per heavy atom. The fraction of sp³-hybridized carbons (Fsp3) is 0.182. The van der Waals surface area contributed by atoms with Gasteiger partial charge < -0.3 is 9.30 Å². The maximum atomic E-state index is 12.8. The predicted octanol–water partition coefficient (Wildman–Crippen LogP) is 1.83. The summed E-state index contributed by atoms with van der Waals surface area (Å²) in [7, 11) is 4.70. The molecule has 0 saturated carbocycles. The van der Waals surface area contributed by atoms with Crippen LogP contribution in [0.15, 0.2) is 64.4 Å². The molecule has 0 atom stereocenters. The van der Waals surface area contributed by atoms with E-state index in [0.717, 1.165) is 32.9 Å². The van der Waals surface area contributed by atoms with Crippen molar-refractivity contribution in [3.8, 4) is 11.4 Å². The Morgan fingerprint density at radius 1 is 0.968 bits per heavy atom. The zero-order chi connectivity index (χ0) is 21.7. The van der Waals surface area contributed by atoms with Crippen LogP contribution in [0, 0.1) is 0 Å². The molecule has 2 aromatic carbocycles. The van der Waals surface area contributed by atoms with Gasteiger partial charge in [-0.05, 0) is 36.4 Å². The van der Waals surface area contributed by atoms with Gasteiger partial charge >= 0.3 is 5.69 Å². The second kappa shape index (κ2) is 6.98. The summed E-state index contributed by atoms with van der Waals surface area (Å²) in [5.41, 5.74) is 2.63. The number of benzene rings is 2. The van der Waals surface area contributed by atoms with E-state index in [1.165, 1.54) is 11.6 Å². The summed E-state index contributed by atoms with van der Waals surface area (Å²) in [6.07, 6.45) is 1.57. The minimum atomic E-state index is -0.409. The van der Waals surface area contributed by atoms with E-state index >= 15 is 0 Å². The van der Waals surface area contributed by atoms with Crippen molar-refractivity contribution in [3.63, 3.8) is 0 Å². The summed E-state index contributed by atoms with van der Waals surface area (Å²) >= 11 is 0. The molecule has 0 bridgehead atoms. The molecule has 0 aliphatic rings. The van der Waals surface area contributed by atoms with Crippen molar-refractivity contribution in [3.05, 3.63) is 81.5 Å². The number of nitrogens with zero attached hydrogens (tertiary/aromatic N) is 6. The van der Waals surface area contributed by atoms with E-state index in [2.05, 4.69) is 4.98 Å². The Morgan fingerprint density at radius 2 is 1.71 bits per heavy atom. The van der Waals surface area contributed by atoms with Crippen molar-refractivity contribution >= 4 is 22.2 Å². The Hall–Kier alpha value is -4.14. The molecule has 156 valence electrons. The summed E-state index contributed by atoms with van der Waals surface area (Å²) in [5.74, 6) is 1.50. The van der Waals surface area contributed by atoms with Crippen molar-refractivity contribution in [2.75, 3.05) is 7.11 Å². The first-order valence-corrected chi connectivity index (χ1v) is 9.71. The third-order valence-electron chi connectivity index (χ3n) is 5.49. The summed E-state index contributed by atoms with van der Waals surface area (Å²) in [4.78, 5) is 34.2. The van der Waals surface area contributed by atoms with Gasteiger partial charge in [-0.3, -0.25) is 18.5 Å². The van der Waals surface area contributed by atoms with Gasteiger partial charge in [0.05, 0.1) is 31.0 Å². The quantitative estimate of drug-likeness (QED) is 0.446. The number of aryl methyl sites for hydroxylation is 1. The van der Waals surface area contributed by atoms with Crippen LogP contribution in [0.3, 0.4) is 0 Å². The van der Waals surface area contributed by atoms with E-state index in [-0.39, 0.29) is 5.56 Å². The topological polar surface area (TPSA) is 88.9 Å². The predicted molar refractivity (Wildman–Crippen MR) is 117 cm³/mol. The van der Waals surface area contributed by atoms with E-state index in [9.17, 15) is 9.59 Å². The van der Waals surface area contributed by atoms with Crippen LogP contribution in [-0.2, 0) is 20.6 Å². The molecule has 0 aliphatic heterocycles. The summed E-state index contributed by atoms with van der Waals surface area (Å²) in [5, 5.41) is 0. The first kappa shape index (κ1) is 18.9. The van der Waals surface area contributed by atoms with E-state index in [4.69, 9.17) is 9.72 Å². The van der Waals surface area contributed by atoms with Crippen molar-refractivity contribution in [1.29, 1.82) is 0 Å². The molecule has 0 saturated heterocycles. The first-order chi connectivity index (χ1) is 15.0. The highest BCUT2D eigenvalue weighted by Crippen LogP contribution is 2.24. The van der Waals surface area contributed by atoms with Crippen molar-refractivity contribution in [1.82, 2.24) is 28.2 Å². The number of aromatic nitrogens is 6. The zero-order valence-corrected chi connectivity index (χ0v) is 17.3. The lowest BCUT2D eigenvalue weighted by molar-refractivity contribution is 0.414. The largest absolute Gasteiger partial charge is 0.497 e. The summed E-state index contributed by atoms with van der Waals surface area (Å²) in [6, 6.07) is 15.6. The van der Waals surface area contributed by atoms with Crippen LogP contribution in [0.2, 0.25) is 0 Å². The van der Waals surface area contributed by atoms with Crippen LogP contribution in [-0.4, -0.2) is 35.3 Å². The molecule has 0 N–H and O–H groups in total. The highest BCUT2D eigenvalue weighted by atomic mass is 16.5. The second-order valence-corrected chi connectivity index (χ2v) is 7.30. The second-order valence-electron chi connectivity index (χ2n) is 7.30. The zero-order valence-electron chi connectivity index (χ0n) is 17.3. The third kappa shape index (κ3) is 2.85. The summed E-state index contributed by atoms with van der Waals surface area (Å²) in [6.45, 7) is 0.310. The number of hydrogen-bond donors (Lipinski definition) is 0. The van der Waals surface area contributed by atoms with E-state index < -0.39 is 5.69 Å². The molecule has 5 rings (SSSR count). The molecule has 5 aromatic rings. The number of hydrogen-bond acceptors (Lipinski definition) is 5.